The Morgan fingerprint density at radius 1 is 1.17 bits per heavy atom. The molecule has 4 N–H and O–H groups in total. The number of aromatic amines is 1. The minimum atomic E-state index is -0.728. The number of rotatable bonds is 10. The number of aromatic nitrogens is 5. The Morgan fingerprint density at radius 3 is 2.71 bits per heavy atom. The van der Waals surface area contributed by atoms with Crippen molar-refractivity contribution < 1.29 is 19.2 Å². The molecule has 3 aromatic rings. The van der Waals surface area contributed by atoms with Crippen molar-refractivity contribution in [1.29, 1.82) is 0 Å². The highest BCUT2D eigenvalue weighted by molar-refractivity contribution is 5.93. The number of nitrogens with zero attached hydrogens (tertiary/aromatic N) is 4. The van der Waals surface area contributed by atoms with Gasteiger partial charge in [-0.3, -0.25) is 19.2 Å². The third kappa shape index (κ3) is 6.36. The maximum Gasteiger partial charge on any atom is 0.243 e. The Hall–Kier alpha value is -4.35. The van der Waals surface area contributed by atoms with Crippen LogP contribution in [0.4, 0.5) is 0 Å². The van der Waals surface area contributed by atoms with E-state index in [0.29, 0.717) is 31.6 Å². The summed E-state index contributed by atoms with van der Waals surface area (Å²) in [5.41, 5.74) is 2.80. The lowest BCUT2D eigenvalue weighted by atomic mass is 9.79. The van der Waals surface area contributed by atoms with Crippen molar-refractivity contribution >= 4 is 23.5 Å². The number of hydrogen-bond donors (Lipinski definition) is 4. The Balaban J connectivity index is 1.29. The highest BCUT2D eigenvalue weighted by Gasteiger charge is 2.43. The predicted molar refractivity (Wildman–Crippen MR) is 148 cm³/mol. The molecule has 216 valence electrons. The van der Waals surface area contributed by atoms with E-state index in [0.717, 1.165) is 16.8 Å². The molecule has 0 spiro atoms. The van der Waals surface area contributed by atoms with Crippen molar-refractivity contribution in [2.75, 3.05) is 0 Å². The van der Waals surface area contributed by atoms with Gasteiger partial charge in [-0.05, 0) is 36.0 Å². The molecule has 0 radical (unpaired) electrons. The molecule has 1 unspecified atom stereocenters. The number of H-pyrrole nitrogens is 1. The van der Waals surface area contributed by atoms with Gasteiger partial charge in [-0.2, -0.15) is 5.21 Å². The molecule has 2 aliphatic rings. The third-order valence-corrected chi connectivity index (χ3v) is 8.26. The summed E-state index contributed by atoms with van der Waals surface area (Å²) in [4.78, 5) is 53.3. The van der Waals surface area contributed by atoms with Gasteiger partial charge in [-0.1, -0.05) is 55.8 Å². The van der Waals surface area contributed by atoms with E-state index in [1.54, 1.807) is 0 Å². The van der Waals surface area contributed by atoms with E-state index in [1.165, 1.54) is 0 Å². The van der Waals surface area contributed by atoms with Gasteiger partial charge in [0.15, 0.2) is 5.82 Å². The Kier molecular flexibility index (Phi) is 8.55. The maximum atomic E-state index is 13.7. The fourth-order valence-corrected chi connectivity index (χ4v) is 5.88. The molecule has 0 saturated heterocycles. The number of carbonyl (C=O) groups excluding carboxylic acids is 4. The van der Waals surface area contributed by atoms with Gasteiger partial charge in [-0.15, -0.1) is 10.2 Å². The molecule has 2 aromatic heterocycles. The van der Waals surface area contributed by atoms with E-state index in [-0.39, 0.29) is 48.8 Å². The zero-order valence-electron chi connectivity index (χ0n) is 23.3. The van der Waals surface area contributed by atoms with Gasteiger partial charge >= 0.3 is 0 Å². The predicted octanol–water partition coefficient (Wildman–Crippen LogP) is 1.19. The summed E-state index contributed by atoms with van der Waals surface area (Å²) in [6, 6.07) is 10.2. The molecule has 3 heterocycles. The van der Waals surface area contributed by atoms with Gasteiger partial charge in [0.05, 0.1) is 24.8 Å². The largest absolute Gasteiger partial charge is 0.350 e. The summed E-state index contributed by atoms with van der Waals surface area (Å²) in [7, 11) is 0. The number of benzene rings is 1. The number of ketones is 1. The molecular formula is C29H36N8O4. The van der Waals surface area contributed by atoms with Crippen LogP contribution in [0.15, 0.2) is 42.6 Å². The average molecular weight is 561 g/mol. The van der Waals surface area contributed by atoms with E-state index < -0.39 is 23.9 Å². The number of amides is 3. The smallest absolute Gasteiger partial charge is 0.243 e. The van der Waals surface area contributed by atoms with Crippen LogP contribution in [-0.2, 0) is 45.1 Å². The Morgan fingerprint density at radius 2 is 1.98 bits per heavy atom. The first-order valence-corrected chi connectivity index (χ1v) is 14.2. The minimum Gasteiger partial charge on any atom is -0.350 e. The molecule has 41 heavy (non-hydrogen) atoms. The van der Waals surface area contributed by atoms with Gasteiger partial charge < -0.3 is 20.5 Å². The molecule has 5 rings (SSSR count). The summed E-state index contributed by atoms with van der Waals surface area (Å²) >= 11 is 0. The molecule has 1 aliphatic carbocycles. The summed E-state index contributed by atoms with van der Waals surface area (Å²) in [6.07, 6.45) is 4.16. The number of aryl methyl sites for hydroxylation is 1. The highest BCUT2D eigenvalue weighted by atomic mass is 16.2. The molecule has 5 atom stereocenters. The summed E-state index contributed by atoms with van der Waals surface area (Å²) < 4.78 is 1.98. The minimum absolute atomic E-state index is 0.0544. The van der Waals surface area contributed by atoms with Crippen LogP contribution in [0.1, 0.15) is 61.7 Å². The van der Waals surface area contributed by atoms with Crippen LogP contribution in [0.2, 0.25) is 0 Å². The molecule has 1 aliphatic heterocycles. The lowest BCUT2D eigenvalue weighted by Gasteiger charge is -2.34. The topological polar surface area (TPSA) is 164 Å². The van der Waals surface area contributed by atoms with Crippen molar-refractivity contribution in [1.82, 2.24) is 41.1 Å². The van der Waals surface area contributed by atoms with Gasteiger partial charge in [0.1, 0.15) is 11.8 Å². The number of tetrazole rings is 1. The van der Waals surface area contributed by atoms with Crippen molar-refractivity contribution in [3.63, 3.8) is 0 Å². The van der Waals surface area contributed by atoms with E-state index in [9.17, 15) is 19.2 Å². The summed E-state index contributed by atoms with van der Waals surface area (Å²) in [6.45, 7) is 4.39. The first-order chi connectivity index (χ1) is 19.8. The zero-order valence-corrected chi connectivity index (χ0v) is 23.3. The first kappa shape index (κ1) is 28.2. The second-order valence-electron chi connectivity index (χ2n) is 11.0. The lowest BCUT2D eigenvalue weighted by molar-refractivity contribution is -0.132. The lowest BCUT2D eigenvalue weighted by Crippen LogP contribution is -2.55. The standard InChI is InChI=1S/C29H36N8O4/c1-3-17(2)26(32-24(39)13-18-7-5-4-6-8-18)29(41)31-21-10-9-19-11-12-37-16-20(14-22(38)25(21)27(19)37)28(40)30-15-23-33-35-36-34-23/h4-8,11-12,17,20-21,25-26H,3,9-10,13-16H2,1-2H3,(H,30,40)(H,31,41)(H,32,39)(H,33,34,35,36)/t17-,20-,21-,25?,26-/m0/s1. The molecule has 12 heteroatoms. The van der Waals surface area contributed by atoms with Crippen molar-refractivity contribution in [2.24, 2.45) is 11.8 Å². The molecule has 0 fully saturated rings. The number of Topliss-reactive ketones (excluding diaryl/α,β-unsaturated/α-hetero) is 1. The van der Waals surface area contributed by atoms with E-state index in [4.69, 9.17) is 0 Å². The van der Waals surface area contributed by atoms with Gasteiger partial charge in [-0.25, -0.2) is 0 Å². The fraction of sp³-hybridized carbons (Fsp3) is 0.483. The number of carbonyl (C=O) groups is 4. The van der Waals surface area contributed by atoms with Crippen LogP contribution in [0.3, 0.4) is 0 Å². The highest BCUT2D eigenvalue weighted by Crippen LogP contribution is 2.38. The second-order valence-corrected chi connectivity index (χ2v) is 11.0. The van der Waals surface area contributed by atoms with Crippen LogP contribution in [0.5, 0.6) is 0 Å². The van der Waals surface area contributed by atoms with Gasteiger partial charge in [0, 0.05) is 30.9 Å². The Labute approximate surface area is 238 Å². The van der Waals surface area contributed by atoms with E-state index >= 15 is 0 Å². The summed E-state index contributed by atoms with van der Waals surface area (Å²) in [5, 5.41) is 22.4. The van der Waals surface area contributed by atoms with Crippen LogP contribution in [-0.4, -0.2) is 60.8 Å². The zero-order chi connectivity index (χ0) is 28.9. The normalized spacial score (nSPS) is 21.2. The molecule has 12 nitrogen and oxygen atoms in total. The number of nitrogens with one attached hydrogen (secondary N) is 4. The van der Waals surface area contributed by atoms with Crippen molar-refractivity contribution in [2.45, 2.75) is 77.0 Å². The van der Waals surface area contributed by atoms with E-state index in [2.05, 4.69) is 36.6 Å². The molecular weight excluding hydrogens is 524 g/mol. The summed E-state index contributed by atoms with van der Waals surface area (Å²) in [5.74, 6) is -1.74. The SMILES string of the molecule is CC[C@H](C)[C@H](NC(=O)Cc1ccccc1)C(=O)N[C@H]1CCc2ccn3c2C1C(=O)C[C@H](C(=O)NCc1nn[nH]n1)C3. The van der Waals surface area contributed by atoms with Crippen LogP contribution in [0.25, 0.3) is 0 Å². The average Bonchev–Trinajstić information content (AvgIpc) is 3.61. The van der Waals surface area contributed by atoms with Crippen LogP contribution >= 0.6 is 0 Å². The van der Waals surface area contributed by atoms with Crippen molar-refractivity contribution in [3.05, 3.63) is 65.2 Å². The Bertz CT molecular complexity index is 1390. The second kappa shape index (κ2) is 12.4. The molecule has 0 bridgehead atoms. The van der Waals surface area contributed by atoms with Crippen LogP contribution < -0.4 is 16.0 Å². The van der Waals surface area contributed by atoms with Crippen LogP contribution in [0, 0.1) is 11.8 Å². The van der Waals surface area contributed by atoms with Gasteiger partial charge in [0.25, 0.3) is 0 Å². The molecule has 0 saturated carbocycles. The van der Waals surface area contributed by atoms with Crippen molar-refractivity contribution in [3.8, 4) is 0 Å². The quantitative estimate of drug-likeness (QED) is 0.289. The molecule has 3 amide bonds. The van der Waals surface area contributed by atoms with Gasteiger partial charge in [0.2, 0.25) is 17.7 Å². The fourth-order valence-electron chi connectivity index (χ4n) is 5.88. The van der Waals surface area contributed by atoms with E-state index in [1.807, 2.05) is 61.0 Å². The maximum absolute atomic E-state index is 13.7. The number of hydrogen-bond acceptors (Lipinski definition) is 7. The molecule has 1 aromatic carbocycles. The first-order valence-electron chi connectivity index (χ1n) is 14.2. The third-order valence-electron chi connectivity index (χ3n) is 8.26. The monoisotopic (exact) mass is 560 g/mol.